The van der Waals surface area contributed by atoms with E-state index in [1.54, 1.807) is 6.20 Å². The molecular formula is C11H16N2O. The first-order valence-corrected chi connectivity index (χ1v) is 4.98. The highest BCUT2D eigenvalue weighted by Crippen LogP contribution is 2.19. The van der Waals surface area contributed by atoms with Gasteiger partial charge in [0.05, 0.1) is 11.7 Å². The topological polar surface area (TPSA) is 34.1 Å². The van der Waals surface area contributed by atoms with Crippen molar-refractivity contribution in [3.8, 4) is 5.75 Å². The van der Waals surface area contributed by atoms with Gasteiger partial charge in [0.25, 0.3) is 0 Å². The molecule has 76 valence electrons. The van der Waals surface area contributed by atoms with Gasteiger partial charge in [0, 0.05) is 5.69 Å². The Balaban J connectivity index is 1.88. The molecule has 0 aliphatic carbocycles. The van der Waals surface area contributed by atoms with Crippen molar-refractivity contribution < 1.29 is 4.74 Å². The summed E-state index contributed by atoms with van der Waals surface area (Å²) in [4.78, 5) is 4.18. The fraction of sp³-hybridized carbons (Fsp3) is 0.545. The summed E-state index contributed by atoms with van der Waals surface area (Å²) in [7, 11) is 0. The van der Waals surface area contributed by atoms with Crippen LogP contribution in [-0.4, -0.2) is 23.7 Å². The lowest BCUT2D eigenvalue weighted by molar-refractivity contribution is 0.132. The minimum atomic E-state index is 0.172. The van der Waals surface area contributed by atoms with Gasteiger partial charge in [0.1, 0.15) is 12.4 Å². The van der Waals surface area contributed by atoms with Gasteiger partial charge < -0.3 is 10.1 Å². The predicted molar refractivity (Wildman–Crippen MR) is 55.5 cm³/mol. The smallest absolute Gasteiger partial charge is 0.137 e. The van der Waals surface area contributed by atoms with Crippen LogP contribution in [0.15, 0.2) is 18.3 Å². The van der Waals surface area contributed by atoms with Gasteiger partial charge in [0.2, 0.25) is 0 Å². The summed E-state index contributed by atoms with van der Waals surface area (Å²) in [5.74, 6) is 0.852. The Labute approximate surface area is 84.5 Å². The van der Waals surface area contributed by atoms with E-state index in [0.29, 0.717) is 0 Å². The summed E-state index contributed by atoms with van der Waals surface area (Å²) in [5, 5.41) is 3.36. The molecule has 2 heterocycles. The molecule has 2 rings (SSSR count). The molecule has 1 atom stereocenters. The molecule has 3 heteroatoms. The Morgan fingerprint density at radius 2 is 2.36 bits per heavy atom. The maximum Gasteiger partial charge on any atom is 0.137 e. The van der Waals surface area contributed by atoms with Crippen LogP contribution in [0.4, 0.5) is 0 Å². The highest BCUT2D eigenvalue weighted by Gasteiger charge is 2.31. The number of nitrogens with zero attached hydrogens (tertiary/aromatic N) is 1. The quantitative estimate of drug-likeness (QED) is 0.788. The van der Waals surface area contributed by atoms with Crippen LogP contribution >= 0.6 is 0 Å². The monoisotopic (exact) mass is 192 g/mol. The molecule has 1 aromatic rings. The van der Waals surface area contributed by atoms with Crippen LogP contribution in [0.2, 0.25) is 0 Å². The van der Waals surface area contributed by atoms with Crippen molar-refractivity contribution in [2.45, 2.75) is 25.8 Å². The number of nitrogens with one attached hydrogen (secondary N) is 1. The number of hydrogen-bond acceptors (Lipinski definition) is 3. The van der Waals surface area contributed by atoms with Gasteiger partial charge >= 0.3 is 0 Å². The summed E-state index contributed by atoms with van der Waals surface area (Å²) < 4.78 is 5.64. The van der Waals surface area contributed by atoms with E-state index in [1.807, 2.05) is 19.1 Å². The fourth-order valence-corrected chi connectivity index (χ4v) is 1.46. The minimum Gasteiger partial charge on any atom is -0.490 e. The standard InChI is InChI=1S/C11H16N2O/c1-9-3-4-10(7-12-9)14-8-11(2)5-6-13-11/h3-4,7,13H,5-6,8H2,1-2H3. The fourth-order valence-electron chi connectivity index (χ4n) is 1.46. The van der Waals surface area contributed by atoms with Gasteiger partial charge in [-0.2, -0.15) is 0 Å². The third-order valence-electron chi connectivity index (χ3n) is 2.67. The first kappa shape index (κ1) is 9.46. The Hall–Kier alpha value is -1.09. The zero-order chi connectivity index (χ0) is 10.0. The number of aromatic nitrogens is 1. The molecule has 14 heavy (non-hydrogen) atoms. The zero-order valence-corrected chi connectivity index (χ0v) is 8.71. The molecule has 1 aliphatic rings. The van der Waals surface area contributed by atoms with Crippen molar-refractivity contribution in [2.24, 2.45) is 0 Å². The molecule has 1 N–H and O–H groups in total. The highest BCUT2D eigenvalue weighted by molar-refractivity contribution is 5.19. The largest absolute Gasteiger partial charge is 0.490 e. The van der Waals surface area contributed by atoms with Crippen LogP contribution in [0, 0.1) is 6.92 Å². The molecule has 0 saturated carbocycles. The molecule has 1 fully saturated rings. The number of aryl methyl sites for hydroxylation is 1. The first-order chi connectivity index (χ1) is 6.68. The van der Waals surface area contributed by atoms with Gasteiger partial charge in [-0.25, -0.2) is 0 Å². The second-order valence-corrected chi connectivity index (χ2v) is 4.16. The summed E-state index contributed by atoms with van der Waals surface area (Å²) in [6, 6.07) is 3.93. The second-order valence-electron chi connectivity index (χ2n) is 4.16. The third-order valence-corrected chi connectivity index (χ3v) is 2.67. The van der Waals surface area contributed by atoms with Crippen LogP contribution in [0.25, 0.3) is 0 Å². The molecule has 1 unspecified atom stereocenters. The Morgan fingerprint density at radius 3 is 2.86 bits per heavy atom. The van der Waals surface area contributed by atoms with Crippen molar-refractivity contribution in [2.75, 3.05) is 13.2 Å². The van der Waals surface area contributed by atoms with Crippen molar-refractivity contribution in [1.82, 2.24) is 10.3 Å². The summed E-state index contributed by atoms with van der Waals surface area (Å²) in [5.41, 5.74) is 1.19. The average molecular weight is 192 g/mol. The minimum absolute atomic E-state index is 0.172. The van der Waals surface area contributed by atoms with Crippen LogP contribution in [-0.2, 0) is 0 Å². The molecule has 1 aliphatic heterocycles. The molecule has 0 amide bonds. The molecule has 0 aromatic carbocycles. The normalized spacial score (nSPS) is 25.6. The number of pyridine rings is 1. The lowest BCUT2D eigenvalue weighted by atomic mass is 9.91. The van der Waals surface area contributed by atoms with Gasteiger partial charge in [-0.1, -0.05) is 0 Å². The van der Waals surface area contributed by atoms with E-state index >= 15 is 0 Å². The van der Waals surface area contributed by atoms with E-state index in [0.717, 1.165) is 24.6 Å². The first-order valence-electron chi connectivity index (χ1n) is 4.98. The molecule has 3 nitrogen and oxygen atoms in total. The number of rotatable bonds is 3. The number of ether oxygens (including phenoxy) is 1. The van der Waals surface area contributed by atoms with Gasteiger partial charge in [-0.15, -0.1) is 0 Å². The SMILES string of the molecule is Cc1ccc(OCC2(C)CCN2)cn1. The lowest BCUT2D eigenvalue weighted by Crippen LogP contribution is -2.58. The Kier molecular flexibility index (Phi) is 2.42. The predicted octanol–water partition coefficient (Wildman–Crippen LogP) is 1.52. The van der Waals surface area contributed by atoms with E-state index in [1.165, 1.54) is 6.42 Å². The van der Waals surface area contributed by atoms with E-state index in [2.05, 4.69) is 17.2 Å². The van der Waals surface area contributed by atoms with E-state index in [9.17, 15) is 0 Å². The van der Waals surface area contributed by atoms with E-state index < -0.39 is 0 Å². The average Bonchev–Trinajstić information content (AvgIpc) is 2.14. The third kappa shape index (κ3) is 2.04. The maximum absolute atomic E-state index is 5.64. The molecule has 0 bridgehead atoms. The Bertz CT molecular complexity index is 304. The molecule has 1 saturated heterocycles. The molecule has 1 aromatic heterocycles. The van der Waals surface area contributed by atoms with Crippen molar-refractivity contribution in [3.63, 3.8) is 0 Å². The zero-order valence-electron chi connectivity index (χ0n) is 8.71. The van der Waals surface area contributed by atoms with E-state index in [4.69, 9.17) is 4.74 Å². The Morgan fingerprint density at radius 1 is 1.57 bits per heavy atom. The summed E-state index contributed by atoms with van der Waals surface area (Å²) in [6.45, 7) is 5.97. The molecular weight excluding hydrogens is 176 g/mol. The van der Waals surface area contributed by atoms with Crippen LogP contribution in [0.5, 0.6) is 5.75 Å². The van der Waals surface area contributed by atoms with Gasteiger partial charge in [0.15, 0.2) is 0 Å². The molecule has 0 radical (unpaired) electrons. The van der Waals surface area contributed by atoms with Gasteiger partial charge in [-0.3, -0.25) is 4.98 Å². The van der Waals surface area contributed by atoms with E-state index in [-0.39, 0.29) is 5.54 Å². The van der Waals surface area contributed by atoms with Crippen LogP contribution < -0.4 is 10.1 Å². The van der Waals surface area contributed by atoms with Crippen LogP contribution in [0.1, 0.15) is 19.0 Å². The number of hydrogen-bond donors (Lipinski definition) is 1. The van der Waals surface area contributed by atoms with Crippen molar-refractivity contribution >= 4 is 0 Å². The van der Waals surface area contributed by atoms with Crippen molar-refractivity contribution in [1.29, 1.82) is 0 Å². The van der Waals surface area contributed by atoms with Gasteiger partial charge in [-0.05, 0) is 38.9 Å². The highest BCUT2D eigenvalue weighted by atomic mass is 16.5. The molecule has 0 spiro atoms. The van der Waals surface area contributed by atoms with Crippen LogP contribution in [0.3, 0.4) is 0 Å². The second kappa shape index (κ2) is 3.58. The lowest BCUT2D eigenvalue weighted by Gasteiger charge is -2.39. The van der Waals surface area contributed by atoms with Crippen molar-refractivity contribution in [3.05, 3.63) is 24.0 Å². The maximum atomic E-state index is 5.64. The summed E-state index contributed by atoms with van der Waals surface area (Å²) >= 11 is 0. The summed E-state index contributed by atoms with van der Waals surface area (Å²) in [6.07, 6.45) is 2.96.